The number of primary amides is 1. The second-order valence-electron chi connectivity index (χ2n) is 6.07. The molecule has 1 saturated carbocycles. The summed E-state index contributed by atoms with van der Waals surface area (Å²) in [6.45, 7) is 1.84. The molecular formula is C14H23N4O2+. The summed E-state index contributed by atoms with van der Waals surface area (Å²) in [6.07, 6.45) is 5.22. The van der Waals surface area contributed by atoms with E-state index in [0.29, 0.717) is 13.1 Å². The maximum Gasteiger partial charge on any atom is 0.276 e. The molecule has 0 aromatic carbocycles. The zero-order valence-corrected chi connectivity index (χ0v) is 11.8. The van der Waals surface area contributed by atoms with Crippen LogP contribution in [0.15, 0.2) is 0 Å². The van der Waals surface area contributed by atoms with Gasteiger partial charge in [0, 0.05) is 0 Å². The summed E-state index contributed by atoms with van der Waals surface area (Å²) in [5.41, 5.74) is 4.68. The molecule has 1 unspecified atom stereocenters. The minimum Gasteiger partial charge on any atom is -0.369 e. The Morgan fingerprint density at radius 3 is 2.65 bits per heavy atom. The number of piperidine rings is 1. The Bertz CT molecular complexity index is 423. The molecule has 2 atom stereocenters. The molecule has 2 fully saturated rings. The molecule has 2 aliphatic rings. The van der Waals surface area contributed by atoms with E-state index in [0.717, 1.165) is 50.0 Å². The summed E-state index contributed by atoms with van der Waals surface area (Å²) in [7, 11) is 0. The predicted octanol–water partition coefficient (Wildman–Crippen LogP) is -1.28. The van der Waals surface area contributed by atoms with E-state index in [1.165, 1.54) is 0 Å². The quantitative estimate of drug-likeness (QED) is 0.597. The van der Waals surface area contributed by atoms with Gasteiger partial charge in [-0.05, 0) is 38.5 Å². The summed E-state index contributed by atoms with van der Waals surface area (Å²) < 4.78 is 0. The molecule has 0 aromatic rings. The van der Waals surface area contributed by atoms with Gasteiger partial charge in [-0.1, -0.05) is 0 Å². The number of nitrogens with two attached hydrogens (primary N) is 1. The first-order chi connectivity index (χ1) is 9.54. The van der Waals surface area contributed by atoms with Crippen LogP contribution in [-0.4, -0.2) is 37.0 Å². The van der Waals surface area contributed by atoms with Gasteiger partial charge in [0.2, 0.25) is 5.91 Å². The highest BCUT2D eigenvalue weighted by molar-refractivity contribution is 5.78. The van der Waals surface area contributed by atoms with E-state index in [1.54, 1.807) is 0 Å². The molecule has 1 heterocycles. The lowest BCUT2D eigenvalue weighted by molar-refractivity contribution is -0.899. The molecule has 6 heteroatoms. The number of carbonyl (C=O) groups is 2. The number of likely N-dealkylation sites (tertiary alicyclic amines) is 1. The van der Waals surface area contributed by atoms with Crippen molar-refractivity contribution in [2.75, 3.05) is 19.6 Å². The zero-order chi connectivity index (χ0) is 14.6. The molecule has 0 aromatic heterocycles. The molecule has 6 nitrogen and oxygen atoms in total. The van der Waals surface area contributed by atoms with Crippen molar-refractivity contribution in [1.82, 2.24) is 5.32 Å². The van der Waals surface area contributed by atoms with Crippen molar-refractivity contribution in [3.05, 3.63) is 0 Å². The van der Waals surface area contributed by atoms with Crippen molar-refractivity contribution in [1.29, 1.82) is 5.26 Å². The number of hydrogen-bond acceptors (Lipinski definition) is 3. The van der Waals surface area contributed by atoms with Crippen LogP contribution >= 0.6 is 0 Å². The van der Waals surface area contributed by atoms with E-state index in [9.17, 15) is 14.9 Å². The van der Waals surface area contributed by atoms with Crippen LogP contribution in [0.2, 0.25) is 0 Å². The molecule has 1 aliphatic carbocycles. The van der Waals surface area contributed by atoms with Gasteiger partial charge >= 0.3 is 0 Å². The Hall–Kier alpha value is -1.61. The van der Waals surface area contributed by atoms with E-state index in [-0.39, 0.29) is 17.7 Å². The molecule has 20 heavy (non-hydrogen) atoms. The maximum atomic E-state index is 12.1. The fraction of sp³-hybridized carbons (Fsp3) is 0.786. The summed E-state index contributed by atoms with van der Waals surface area (Å²) in [5, 5.41) is 12.1. The molecule has 0 spiro atoms. The van der Waals surface area contributed by atoms with Gasteiger partial charge in [0.1, 0.15) is 5.54 Å². The predicted molar refractivity (Wildman–Crippen MR) is 72.4 cm³/mol. The van der Waals surface area contributed by atoms with Crippen molar-refractivity contribution >= 4 is 11.8 Å². The van der Waals surface area contributed by atoms with Gasteiger partial charge in [0.15, 0.2) is 6.54 Å². The minimum atomic E-state index is -0.657. The second kappa shape index (κ2) is 6.23. The number of rotatable bonds is 4. The molecule has 110 valence electrons. The Kier molecular flexibility index (Phi) is 4.61. The first-order valence-corrected chi connectivity index (χ1v) is 7.40. The van der Waals surface area contributed by atoms with Crippen LogP contribution in [0.25, 0.3) is 0 Å². The third-order valence-electron chi connectivity index (χ3n) is 4.48. The van der Waals surface area contributed by atoms with Gasteiger partial charge in [-0.2, -0.15) is 5.26 Å². The number of nitrogens with zero attached hydrogens (tertiary/aromatic N) is 1. The molecule has 2 amide bonds. The minimum absolute atomic E-state index is 0.0893. The molecule has 0 bridgehead atoms. The van der Waals surface area contributed by atoms with Crippen LogP contribution in [-0.2, 0) is 9.59 Å². The van der Waals surface area contributed by atoms with Crippen LogP contribution < -0.4 is 16.0 Å². The topological polar surface area (TPSA) is 100 Å². The Balaban J connectivity index is 1.85. The van der Waals surface area contributed by atoms with Crippen LogP contribution in [0.1, 0.15) is 38.5 Å². The molecule has 2 rings (SSSR count). The number of carbonyl (C=O) groups excluding carboxylic acids is 2. The molecule has 1 aliphatic heterocycles. The van der Waals surface area contributed by atoms with Crippen LogP contribution in [0.3, 0.4) is 0 Å². The largest absolute Gasteiger partial charge is 0.369 e. The maximum absolute atomic E-state index is 12.1. The number of amides is 2. The SMILES string of the molecule is N#CC1(NC(=O)C[NH+]2CCC[C@H](C(N)=O)C2)CCCC1. The molecule has 1 saturated heterocycles. The van der Waals surface area contributed by atoms with E-state index in [1.807, 2.05) is 0 Å². The Morgan fingerprint density at radius 2 is 2.05 bits per heavy atom. The van der Waals surface area contributed by atoms with Gasteiger partial charge in [-0.3, -0.25) is 9.59 Å². The average Bonchev–Trinajstić information content (AvgIpc) is 2.88. The van der Waals surface area contributed by atoms with Crippen LogP contribution in [0, 0.1) is 17.2 Å². The van der Waals surface area contributed by atoms with Crippen molar-refractivity contribution in [3.63, 3.8) is 0 Å². The first-order valence-electron chi connectivity index (χ1n) is 7.40. The Labute approximate surface area is 119 Å². The fourth-order valence-electron chi connectivity index (χ4n) is 3.34. The van der Waals surface area contributed by atoms with E-state index in [2.05, 4.69) is 11.4 Å². The van der Waals surface area contributed by atoms with E-state index < -0.39 is 5.54 Å². The third kappa shape index (κ3) is 3.48. The van der Waals surface area contributed by atoms with Crippen molar-refractivity contribution < 1.29 is 14.5 Å². The zero-order valence-electron chi connectivity index (χ0n) is 11.8. The van der Waals surface area contributed by atoms with Gasteiger partial charge < -0.3 is 16.0 Å². The van der Waals surface area contributed by atoms with Crippen LogP contribution in [0.4, 0.5) is 0 Å². The number of quaternary nitrogens is 1. The lowest BCUT2D eigenvalue weighted by atomic mass is 9.97. The highest BCUT2D eigenvalue weighted by Gasteiger charge is 2.36. The average molecular weight is 279 g/mol. The van der Waals surface area contributed by atoms with Crippen LogP contribution in [0.5, 0.6) is 0 Å². The summed E-state index contributed by atoms with van der Waals surface area (Å²) >= 11 is 0. The summed E-state index contributed by atoms with van der Waals surface area (Å²) in [5.74, 6) is -0.483. The van der Waals surface area contributed by atoms with Gasteiger partial charge in [0.25, 0.3) is 5.91 Å². The van der Waals surface area contributed by atoms with E-state index >= 15 is 0 Å². The van der Waals surface area contributed by atoms with Gasteiger partial charge in [0.05, 0.1) is 25.1 Å². The fourth-order valence-corrected chi connectivity index (χ4v) is 3.34. The monoisotopic (exact) mass is 279 g/mol. The lowest BCUT2D eigenvalue weighted by Crippen LogP contribution is -3.15. The number of nitriles is 1. The third-order valence-corrected chi connectivity index (χ3v) is 4.48. The lowest BCUT2D eigenvalue weighted by Gasteiger charge is -2.29. The van der Waals surface area contributed by atoms with Crippen molar-refractivity contribution in [2.24, 2.45) is 11.7 Å². The number of nitrogens with one attached hydrogen (secondary N) is 2. The van der Waals surface area contributed by atoms with Gasteiger partial charge in [-0.25, -0.2) is 0 Å². The molecular weight excluding hydrogens is 256 g/mol. The standard InChI is InChI=1S/C14H22N4O2/c15-10-14(5-1-2-6-14)17-12(19)9-18-7-3-4-11(8-18)13(16)20/h11H,1-9H2,(H2,16,20)(H,17,19)/p+1/t11-/m0/s1. The molecule has 0 radical (unpaired) electrons. The Morgan fingerprint density at radius 1 is 1.35 bits per heavy atom. The summed E-state index contributed by atoms with van der Waals surface area (Å²) in [4.78, 5) is 24.4. The normalized spacial score (nSPS) is 28.6. The first kappa shape index (κ1) is 14.8. The smallest absolute Gasteiger partial charge is 0.276 e. The van der Waals surface area contributed by atoms with Gasteiger partial charge in [-0.15, -0.1) is 0 Å². The number of hydrogen-bond donors (Lipinski definition) is 3. The van der Waals surface area contributed by atoms with E-state index in [4.69, 9.17) is 5.73 Å². The highest BCUT2D eigenvalue weighted by Crippen LogP contribution is 2.28. The van der Waals surface area contributed by atoms with Crippen molar-refractivity contribution in [3.8, 4) is 6.07 Å². The highest BCUT2D eigenvalue weighted by atomic mass is 16.2. The second-order valence-corrected chi connectivity index (χ2v) is 6.07. The molecule has 4 N–H and O–H groups in total. The summed E-state index contributed by atoms with van der Waals surface area (Å²) in [6, 6.07) is 2.26. The van der Waals surface area contributed by atoms with Crippen molar-refractivity contribution in [2.45, 2.75) is 44.1 Å².